The monoisotopic (exact) mass is 387 g/mol. The Labute approximate surface area is 173 Å². The van der Waals surface area contributed by atoms with E-state index in [2.05, 4.69) is 25.1 Å². The van der Waals surface area contributed by atoms with Crippen molar-refractivity contribution in [3.05, 3.63) is 70.9 Å². The van der Waals surface area contributed by atoms with E-state index in [1.54, 1.807) is 7.11 Å². The summed E-state index contributed by atoms with van der Waals surface area (Å²) in [5, 5.41) is 0. The quantitative estimate of drug-likeness (QED) is 0.780. The maximum atomic E-state index is 13.7. The Balaban J connectivity index is 1.53. The van der Waals surface area contributed by atoms with Crippen LogP contribution < -0.4 is 10.5 Å². The molecule has 1 saturated carbocycles. The van der Waals surface area contributed by atoms with E-state index in [-0.39, 0.29) is 11.2 Å². The Morgan fingerprint density at radius 3 is 2.66 bits per heavy atom. The van der Waals surface area contributed by atoms with Crippen LogP contribution in [0.5, 0.6) is 5.75 Å². The first kappa shape index (κ1) is 18.5. The number of carbonyl (C=O) groups is 1. The Kier molecular flexibility index (Phi) is 4.31. The van der Waals surface area contributed by atoms with Gasteiger partial charge in [0.05, 0.1) is 7.11 Å². The Morgan fingerprint density at radius 2 is 1.90 bits per heavy atom. The van der Waals surface area contributed by atoms with Crippen LogP contribution in [0.15, 0.2) is 54.2 Å². The van der Waals surface area contributed by atoms with Crippen molar-refractivity contribution in [3.8, 4) is 5.75 Å². The minimum atomic E-state index is -0.306. The fourth-order valence-corrected chi connectivity index (χ4v) is 6.36. The molecule has 3 aliphatic rings. The molecule has 0 unspecified atom stereocenters. The van der Waals surface area contributed by atoms with Crippen LogP contribution in [-0.4, -0.2) is 12.9 Å². The highest BCUT2D eigenvalue weighted by Gasteiger charge is 2.54. The smallest absolute Gasteiger partial charge is 0.171 e. The summed E-state index contributed by atoms with van der Waals surface area (Å²) in [5.41, 5.74) is 11.7. The lowest BCUT2D eigenvalue weighted by Crippen LogP contribution is -2.50. The summed E-state index contributed by atoms with van der Waals surface area (Å²) in [6.45, 7) is 2.20. The van der Waals surface area contributed by atoms with Crippen LogP contribution in [0.25, 0.3) is 5.57 Å². The molecule has 29 heavy (non-hydrogen) atoms. The first-order valence-corrected chi connectivity index (χ1v) is 10.8. The number of methoxy groups -OCH3 is 1. The van der Waals surface area contributed by atoms with Gasteiger partial charge in [0.2, 0.25) is 0 Å². The number of fused-ring (bicyclic) bond motifs is 5. The van der Waals surface area contributed by atoms with E-state index < -0.39 is 0 Å². The molecule has 0 saturated heterocycles. The molecule has 2 aromatic rings. The zero-order valence-electron chi connectivity index (χ0n) is 17.3. The lowest BCUT2D eigenvalue weighted by Gasteiger charge is -2.53. The maximum absolute atomic E-state index is 13.7. The molecule has 150 valence electrons. The molecule has 0 aliphatic heterocycles. The van der Waals surface area contributed by atoms with Gasteiger partial charge >= 0.3 is 0 Å². The molecule has 0 aromatic heterocycles. The molecule has 0 spiro atoms. The minimum Gasteiger partial charge on any atom is -0.497 e. The largest absolute Gasteiger partial charge is 0.497 e. The number of Topliss-reactive ketones (excluding diaryl/α,β-unsaturated/α-hetero) is 1. The summed E-state index contributed by atoms with van der Waals surface area (Å²) in [6, 6.07) is 16.5. The molecule has 3 nitrogen and oxygen atoms in total. The number of rotatable bonds is 2. The van der Waals surface area contributed by atoms with E-state index in [1.165, 1.54) is 11.1 Å². The van der Waals surface area contributed by atoms with E-state index in [0.717, 1.165) is 54.7 Å². The molecular weight excluding hydrogens is 358 g/mol. The number of carbonyl (C=O) groups excluding carboxylic acids is 1. The molecule has 3 aliphatic carbocycles. The van der Waals surface area contributed by atoms with Crippen LogP contribution in [0.1, 0.15) is 55.2 Å². The van der Waals surface area contributed by atoms with Crippen molar-refractivity contribution >= 4 is 11.4 Å². The Bertz CT molecular complexity index is 993. The van der Waals surface area contributed by atoms with Crippen LogP contribution in [0.2, 0.25) is 0 Å². The van der Waals surface area contributed by atoms with Crippen LogP contribution >= 0.6 is 0 Å². The summed E-state index contributed by atoms with van der Waals surface area (Å²) < 4.78 is 5.43. The normalized spacial score (nSPS) is 31.0. The molecule has 2 N–H and O–H groups in total. The number of ketones is 1. The predicted octanol–water partition coefficient (Wildman–Crippen LogP) is 5.10. The SMILES string of the molecule is COc1ccc2c(c1)CC[C@@H]1[C@@H]2CC[C@]2(C)C(=O)C(c3ccccc3)=C(N)C[C@@H]12. The third-order valence-corrected chi connectivity index (χ3v) is 7.89. The van der Waals surface area contributed by atoms with E-state index in [1.807, 2.05) is 30.3 Å². The molecule has 0 radical (unpaired) electrons. The van der Waals surface area contributed by atoms with Crippen molar-refractivity contribution in [2.24, 2.45) is 23.0 Å². The third kappa shape index (κ3) is 2.74. The van der Waals surface area contributed by atoms with Gasteiger partial charge < -0.3 is 10.5 Å². The van der Waals surface area contributed by atoms with Crippen molar-refractivity contribution in [2.45, 2.75) is 44.9 Å². The van der Waals surface area contributed by atoms with Crippen molar-refractivity contribution in [1.82, 2.24) is 0 Å². The molecule has 4 atom stereocenters. The van der Waals surface area contributed by atoms with E-state index >= 15 is 0 Å². The van der Waals surface area contributed by atoms with Crippen LogP contribution in [0, 0.1) is 17.3 Å². The average Bonchev–Trinajstić information content (AvgIpc) is 2.75. The number of aryl methyl sites for hydroxylation is 1. The van der Waals surface area contributed by atoms with Crippen LogP contribution in [0.4, 0.5) is 0 Å². The number of hydrogen-bond acceptors (Lipinski definition) is 3. The highest BCUT2D eigenvalue weighted by Crippen LogP contribution is 2.59. The Hall–Kier alpha value is -2.55. The van der Waals surface area contributed by atoms with E-state index in [0.29, 0.717) is 17.8 Å². The van der Waals surface area contributed by atoms with Crippen molar-refractivity contribution in [3.63, 3.8) is 0 Å². The highest BCUT2D eigenvalue weighted by molar-refractivity contribution is 6.24. The molecule has 5 rings (SSSR count). The zero-order valence-corrected chi connectivity index (χ0v) is 17.3. The fourth-order valence-electron chi connectivity index (χ4n) is 6.36. The number of ether oxygens (including phenoxy) is 1. The standard InChI is InChI=1S/C26H29NO2/c1-26-13-12-20-19-11-9-18(29-2)14-17(19)8-10-21(20)22(26)15-23(27)24(25(26)28)16-6-4-3-5-7-16/h3-7,9,11,14,20-22H,8,10,12-13,15,27H2,1-2H3/t20-,21-,22+,26+/m1/s1. The lowest BCUT2D eigenvalue weighted by atomic mass is 9.50. The summed E-state index contributed by atoms with van der Waals surface area (Å²) >= 11 is 0. The first-order chi connectivity index (χ1) is 14.0. The maximum Gasteiger partial charge on any atom is 0.171 e. The van der Waals surface area contributed by atoms with Gasteiger partial charge in [-0.3, -0.25) is 4.79 Å². The van der Waals surface area contributed by atoms with E-state index in [4.69, 9.17) is 10.5 Å². The molecule has 1 fully saturated rings. The molecular formula is C26H29NO2. The van der Waals surface area contributed by atoms with E-state index in [9.17, 15) is 4.79 Å². The van der Waals surface area contributed by atoms with Gasteiger partial charge in [-0.15, -0.1) is 0 Å². The molecule has 2 aromatic carbocycles. The average molecular weight is 388 g/mol. The van der Waals surface area contributed by atoms with Crippen molar-refractivity contribution < 1.29 is 9.53 Å². The van der Waals surface area contributed by atoms with Gasteiger partial charge in [-0.05, 0) is 78.7 Å². The highest BCUT2D eigenvalue weighted by atomic mass is 16.5. The van der Waals surface area contributed by atoms with Crippen molar-refractivity contribution in [2.75, 3.05) is 7.11 Å². The number of allylic oxidation sites excluding steroid dienone is 2. The van der Waals surface area contributed by atoms with Gasteiger partial charge in [-0.1, -0.05) is 43.3 Å². The number of hydrogen-bond donors (Lipinski definition) is 1. The van der Waals surface area contributed by atoms with Gasteiger partial charge in [-0.25, -0.2) is 0 Å². The van der Waals surface area contributed by atoms with Crippen LogP contribution in [-0.2, 0) is 11.2 Å². The van der Waals surface area contributed by atoms with Gasteiger partial charge in [-0.2, -0.15) is 0 Å². The lowest BCUT2D eigenvalue weighted by molar-refractivity contribution is -0.130. The second-order valence-corrected chi connectivity index (χ2v) is 9.24. The zero-order chi connectivity index (χ0) is 20.2. The third-order valence-electron chi connectivity index (χ3n) is 7.89. The molecule has 3 heteroatoms. The summed E-state index contributed by atoms with van der Waals surface area (Å²) in [6.07, 6.45) is 5.03. The van der Waals surface area contributed by atoms with Gasteiger partial charge in [0.25, 0.3) is 0 Å². The molecule has 0 heterocycles. The van der Waals surface area contributed by atoms with Gasteiger partial charge in [0, 0.05) is 16.7 Å². The summed E-state index contributed by atoms with van der Waals surface area (Å²) in [4.78, 5) is 13.7. The summed E-state index contributed by atoms with van der Waals surface area (Å²) in [7, 11) is 1.73. The minimum absolute atomic E-state index is 0.261. The second-order valence-electron chi connectivity index (χ2n) is 9.24. The Morgan fingerprint density at radius 1 is 1.10 bits per heavy atom. The predicted molar refractivity (Wildman–Crippen MR) is 116 cm³/mol. The topological polar surface area (TPSA) is 52.3 Å². The fraction of sp³-hybridized carbons (Fsp3) is 0.423. The van der Waals surface area contributed by atoms with Crippen LogP contribution in [0.3, 0.4) is 0 Å². The van der Waals surface area contributed by atoms with Crippen molar-refractivity contribution in [1.29, 1.82) is 0 Å². The van der Waals surface area contributed by atoms with Gasteiger partial charge in [0.1, 0.15) is 5.75 Å². The molecule has 0 amide bonds. The number of benzene rings is 2. The number of nitrogens with two attached hydrogens (primary N) is 1. The first-order valence-electron chi connectivity index (χ1n) is 10.8. The van der Waals surface area contributed by atoms with Gasteiger partial charge in [0.15, 0.2) is 5.78 Å². The molecule has 0 bridgehead atoms. The summed E-state index contributed by atoms with van der Waals surface area (Å²) in [5.74, 6) is 2.58. The second kappa shape index (κ2) is 6.76.